The Morgan fingerprint density at radius 2 is 2.04 bits per heavy atom. The van der Waals surface area contributed by atoms with Crippen LogP contribution in [0.15, 0.2) is 30.6 Å². The maximum absolute atomic E-state index is 6.00. The van der Waals surface area contributed by atoms with Crippen LogP contribution < -0.4 is 0 Å². The van der Waals surface area contributed by atoms with Crippen LogP contribution in [0.4, 0.5) is 0 Å². The van der Waals surface area contributed by atoms with Crippen LogP contribution in [0.1, 0.15) is 47.0 Å². The lowest BCUT2D eigenvalue weighted by atomic mass is 10.1. The Balaban J connectivity index is 1.57. The molecule has 1 aliphatic carbocycles. The SMILES string of the molecule is CCc1c(C)sc2ncn3nc(C4CC4c4ccc(Cl)cc4)nc3c12. The highest BCUT2D eigenvalue weighted by Gasteiger charge is 2.42. The van der Waals surface area contributed by atoms with Crippen LogP contribution in [0.2, 0.25) is 5.02 Å². The normalized spacial score (nSPS) is 19.8. The first-order valence-electron chi connectivity index (χ1n) is 8.54. The summed E-state index contributed by atoms with van der Waals surface area (Å²) in [5.74, 6) is 1.81. The van der Waals surface area contributed by atoms with E-state index in [1.807, 2.05) is 16.6 Å². The van der Waals surface area contributed by atoms with Gasteiger partial charge < -0.3 is 0 Å². The van der Waals surface area contributed by atoms with Gasteiger partial charge in [0.2, 0.25) is 0 Å². The molecule has 2 atom stereocenters. The zero-order chi connectivity index (χ0) is 17.1. The summed E-state index contributed by atoms with van der Waals surface area (Å²) in [7, 11) is 0. The number of hydrogen-bond donors (Lipinski definition) is 0. The Hall–Kier alpha value is -1.98. The van der Waals surface area contributed by atoms with Gasteiger partial charge >= 0.3 is 0 Å². The number of fused-ring (bicyclic) bond motifs is 3. The van der Waals surface area contributed by atoms with E-state index in [9.17, 15) is 0 Å². The molecule has 2 unspecified atom stereocenters. The first-order valence-corrected chi connectivity index (χ1v) is 9.74. The molecule has 1 fully saturated rings. The van der Waals surface area contributed by atoms with E-state index in [0.29, 0.717) is 11.8 Å². The fraction of sp³-hybridized carbons (Fsp3) is 0.316. The van der Waals surface area contributed by atoms with Crippen molar-refractivity contribution >= 4 is 38.8 Å². The third kappa shape index (κ3) is 2.37. The van der Waals surface area contributed by atoms with Crippen molar-refractivity contribution < 1.29 is 0 Å². The van der Waals surface area contributed by atoms with E-state index < -0.39 is 0 Å². The minimum absolute atomic E-state index is 0.390. The number of nitrogens with zero attached hydrogens (tertiary/aromatic N) is 4. The molecule has 25 heavy (non-hydrogen) atoms. The number of benzene rings is 1. The highest BCUT2D eigenvalue weighted by Crippen LogP contribution is 2.53. The molecule has 4 aromatic rings. The van der Waals surface area contributed by atoms with E-state index in [1.54, 1.807) is 17.7 Å². The molecule has 0 spiro atoms. The highest BCUT2D eigenvalue weighted by molar-refractivity contribution is 7.18. The summed E-state index contributed by atoms with van der Waals surface area (Å²) >= 11 is 7.74. The lowest BCUT2D eigenvalue weighted by Crippen LogP contribution is -1.91. The number of halogens is 1. The van der Waals surface area contributed by atoms with Gasteiger partial charge in [0.05, 0.1) is 5.39 Å². The Morgan fingerprint density at radius 1 is 1.24 bits per heavy atom. The molecule has 1 aromatic carbocycles. The summed E-state index contributed by atoms with van der Waals surface area (Å²) in [5.41, 5.74) is 3.61. The molecule has 5 rings (SSSR count). The molecular weight excluding hydrogens is 352 g/mol. The van der Waals surface area contributed by atoms with E-state index in [-0.39, 0.29) is 0 Å². The molecule has 1 aliphatic rings. The summed E-state index contributed by atoms with van der Waals surface area (Å²) in [6.07, 6.45) is 3.88. The minimum Gasteiger partial charge on any atom is -0.225 e. The summed E-state index contributed by atoms with van der Waals surface area (Å²) in [4.78, 5) is 11.9. The molecule has 0 aliphatic heterocycles. The third-order valence-corrected chi connectivity index (χ3v) is 6.43. The molecule has 3 aromatic heterocycles. The first kappa shape index (κ1) is 15.3. The average molecular weight is 369 g/mol. The van der Waals surface area contributed by atoms with Crippen LogP contribution in [-0.2, 0) is 6.42 Å². The number of hydrogen-bond acceptors (Lipinski definition) is 4. The number of aromatic nitrogens is 4. The minimum atomic E-state index is 0.390. The molecule has 0 bridgehead atoms. The lowest BCUT2D eigenvalue weighted by molar-refractivity contribution is 0.850. The van der Waals surface area contributed by atoms with Crippen molar-refractivity contribution in [3.63, 3.8) is 0 Å². The first-order chi connectivity index (χ1) is 12.2. The fourth-order valence-electron chi connectivity index (χ4n) is 3.72. The predicted octanol–water partition coefficient (Wildman–Crippen LogP) is 5.13. The van der Waals surface area contributed by atoms with Gasteiger partial charge in [0.15, 0.2) is 11.5 Å². The standard InChI is InChI=1S/C19H17ClN4S/c1-3-13-10(2)25-19-16(13)18-22-17(23-24(18)9-21-19)15-8-14(15)11-4-6-12(20)7-5-11/h4-7,9,14-15H,3,8H2,1-2H3. The summed E-state index contributed by atoms with van der Waals surface area (Å²) in [6, 6.07) is 8.14. The maximum Gasteiger partial charge on any atom is 0.167 e. The van der Waals surface area contributed by atoms with Gasteiger partial charge in [-0.3, -0.25) is 0 Å². The van der Waals surface area contributed by atoms with Gasteiger partial charge in [0, 0.05) is 15.8 Å². The zero-order valence-corrected chi connectivity index (χ0v) is 15.6. The fourth-order valence-corrected chi connectivity index (χ4v) is 4.93. The van der Waals surface area contributed by atoms with Crippen molar-refractivity contribution in [2.75, 3.05) is 0 Å². The number of aryl methyl sites for hydroxylation is 2. The molecule has 0 amide bonds. The number of thiophene rings is 1. The van der Waals surface area contributed by atoms with Gasteiger partial charge in [-0.15, -0.1) is 16.4 Å². The zero-order valence-electron chi connectivity index (χ0n) is 14.0. The maximum atomic E-state index is 6.00. The second-order valence-electron chi connectivity index (χ2n) is 6.65. The molecule has 6 heteroatoms. The Labute approximate surface area is 154 Å². The van der Waals surface area contributed by atoms with Crippen molar-refractivity contribution in [3.05, 3.63) is 57.4 Å². The van der Waals surface area contributed by atoms with Crippen molar-refractivity contribution in [2.45, 2.75) is 38.5 Å². The smallest absolute Gasteiger partial charge is 0.167 e. The van der Waals surface area contributed by atoms with Crippen LogP contribution in [0.3, 0.4) is 0 Å². The van der Waals surface area contributed by atoms with Gasteiger partial charge in [-0.1, -0.05) is 30.7 Å². The van der Waals surface area contributed by atoms with Gasteiger partial charge in [-0.25, -0.2) is 14.5 Å². The van der Waals surface area contributed by atoms with E-state index in [4.69, 9.17) is 21.7 Å². The second kappa shape index (κ2) is 5.51. The van der Waals surface area contributed by atoms with Crippen molar-refractivity contribution in [1.82, 2.24) is 19.6 Å². The van der Waals surface area contributed by atoms with Gasteiger partial charge in [0.1, 0.15) is 11.2 Å². The van der Waals surface area contributed by atoms with E-state index >= 15 is 0 Å². The van der Waals surface area contributed by atoms with Gasteiger partial charge in [-0.05, 0) is 48.9 Å². The third-order valence-electron chi connectivity index (χ3n) is 5.12. The largest absolute Gasteiger partial charge is 0.225 e. The highest BCUT2D eigenvalue weighted by atomic mass is 35.5. The lowest BCUT2D eigenvalue weighted by Gasteiger charge is -1.98. The Kier molecular flexibility index (Phi) is 3.37. The van der Waals surface area contributed by atoms with Gasteiger partial charge in [-0.2, -0.15) is 0 Å². The van der Waals surface area contributed by atoms with Crippen molar-refractivity contribution in [3.8, 4) is 0 Å². The van der Waals surface area contributed by atoms with Crippen LogP contribution >= 0.6 is 22.9 Å². The molecule has 0 radical (unpaired) electrons. The van der Waals surface area contributed by atoms with E-state index in [1.165, 1.54) is 21.4 Å². The molecule has 0 saturated heterocycles. The van der Waals surface area contributed by atoms with Crippen molar-refractivity contribution in [1.29, 1.82) is 0 Å². The van der Waals surface area contributed by atoms with E-state index in [2.05, 4.69) is 31.0 Å². The van der Waals surface area contributed by atoms with Crippen LogP contribution in [0, 0.1) is 6.92 Å². The Bertz CT molecular complexity index is 1100. The molecule has 4 nitrogen and oxygen atoms in total. The second-order valence-corrected chi connectivity index (χ2v) is 8.29. The molecule has 126 valence electrons. The molecule has 0 N–H and O–H groups in total. The van der Waals surface area contributed by atoms with Gasteiger partial charge in [0.25, 0.3) is 0 Å². The van der Waals surface area contributed by atoms with Crippen LogP contribution in [0.25, 0.3) is 15.9 Å². The molecule has 1 saturated carbocycles. The van der Waals surface area contributed by atoms with Crippen LogP contribution in [0.5, 0.6) is 0 Å². The average Bonchev–Trinajstić information content (AvgIpc) is 3.17. The van der Waals surface area contributed by atoms with E-state index in [0.717, 1.165) is 34.2 Å². The topological polar surface area (TPSA) is 43.1 Å². The summed E-state index contributed by atoms with van der Waals surface area (Å²) < 4.78 is 1.85. The predicted molar refractivity (Wildman–Crippen MR) is 102 cm³/mol. The Morgan fingerprint density at radius 3 is 2.80 bits per heavy atom. The molecule has 3 heterocycles. The summed E-state index contributed by atoms with van der Waals surface area (Å²) in [6.45, 7) is 4.35. The molecular formula is C19H17ClN4S. The van der Waals surface area contributed by atoms with Crippen molar-refractivity contribution in [2.24, 2.45) is 0 Å². The van der Waals surface area contributed by atoms with Crippen LogP contribution in [-0.4, -0.2) is 19.6 Å². The quantitative estimate of drug-likeness (QED) is 0.503. The summed E-state index contributed by atoms with van der Waals surface area (Å²) in [5, 5.41) is 6.68. The monoisotopic (exact) mass is 368 g/mol. The number of rotatable bonds is 3.